The zero-order chi connectivity index (χ0) is 18.5. The summed E-state index contributed by atoms with van der Waals surface area (Å²) >= 11 is 0. The topological polar surface area (TPSA) is 69.5 Å². The Morgan fingerprint density at radius 2 is 2.12 bits per heavy atom. The first-order valence-corrected chi connectivity index (χ1v) is 9.01. The van der Waals surface area contributed by atoms with E-state index in [1.165, 1.54) is 7.11 Å². The highest BCUT2D eigenvalue weighted by Gasteiger charge is 2.29. The highest BCUT2D eigenvalue weighted by atomic mass is 16.5. The quantitative estimate of drug-likeness (QED) is 0.794. The molecule has 7 heteroatoms. The van der Waals surface area contributed by atoms with E-state index in [9.17, 15) is 4.79 Å². The van der Waals surface area contributed by atoms with Gasteiger partial charge in [-0.3, -0.25) is 4.79 Å². The number of amides is 1. The summed E-state index contributed by atoms with van der Waals surface area (Å²) in [6.45, 7) is 3.62. The van der Waals surface area contributed by atoms with Gasteiger partial charge in [0, 0.05) is 37.6 Å². The van der Waals surface area contributed by atoms with E-state index in [1.807, 2.05) is 24.2 Å². The SMILES string of the molecule is COc1ccc(C(=O)N2CCCC[C@H]2CCn2ccnc2C)c(OC)n1. The highest BCUT2D eigenvalue weighted by molar-refractivity contribution is 5.96. The van der Waals surface area contributed by atoms with E-state index < -0.39 is 0 Å². The number of nitrogens with zero attached hydrogens (tertiary/aromatic N) is 4. The lowest BCUT2D eigenvalue weighted by atomic mass is 9.98. The maximum atomic E-state index is 13.2. The summed E-state index contributed by atoms with van der Waals surface area (Å²) in [5.74, 6) is 1.72. The van der Waals surface area contributed by atoms with Gasteiger partial charge < -0.3 is 18.9 Å². The second-order valence-corrected chi connectivity index (χ2v) is 6.52. The molecule has 3 rings (SSSR count). The molecule has 2 aromatic rings. The van der Waals surface area contributed by atoms with E-state index in [1.54, 1.807) is 19.2 Å². The molecule has 0 aliphatic carbocycles. The zero-order valence-electron chi connectivity index (χ0n) is 15.6. The number of imidazole rings is 1. The smallest absolute Gasteiger partial charge is 0.259 e. The van der Waals surface area contributed by atoms with Gasteiger partial charge in [0.05, 0.1) is 14.2 Å². The molecule has 7 nitrogen and oxygen atoms in total. The minimum Gasteiger partial charge on any atom is -0.481 e. The first-order valence-electron chi connectivity index (χ1n) is 9.01. The van der Waals surface area contributed by atoms with Crippen molar-refractivity contribution in [1.29, 1.82) is 0 Å². The molecule has 0 spiro atoms. The molecule has 1 saturated heterocycles. The Morgan fingerprint density at radius 1 is 1.27 bits per heavy atom. The number of aryl methyl sites for hydroxylation is 2. The first-order chi connectivity index (χ1) is 12.6. The van der Waals surface area contributed by atoms with Crippen LogP contribution in [0.5, 0.6) is 11.8 Å². The molecule has 0 N–H and O–H groups in total. The molecule has 0 unspecified atom stereocenters. The molecular formula is C19H26N4O3. The molecule has 1 amide bonds. The Labute approximate surface area is 154 Å². The van der Waals surface area contributed by atoms with Gasteiger partial charge in [-0.1, -0.05) is 0 Å². The summed E-state index contributed by atoms with van der Waals surface area (Å²) in [7, 11) is 3.07. The van der Waals surface area contributed by atoms with Crippen molar-refractivity contribution >= 4 is 5.91 Å². The normalized spacial score (nSPS) is 17.2. The van der Waals surface area contributed by atoms with Crippen LogP contribution in [0.1, 0.15) is 41.9 Å². The van der Waals surface area contributed by atoms with Crippen LogP contribution in [0.25, 0.3) is 0 Å². The molecule has 140 valence electrons. The van der Waals surface area contributed by atoms with Crippen molar-refractivity contribution in [1.82, 2.24) is 19.4 Å². The first kappa shape index (κ1) is 18.2. The largest absolute Gasteiger partial charge is 0.481 e. The monoisotopic (exact) mass is 358 g/mol. The van der Waals surface area contributed by atoms with Crippen LogP contribution in [0.3, 0.4) is 0 Å². The van der Waals surface area contributed by atoms with Crippen LogP contribution in [-0.2, 0) is 6.54 Å². The minimum atomic E-state index is -0.0240. The predicted molar refractivity (Wildman–Crippen MR) is 97.6 cm³/mol. The fourth-order valence-electron chi connectivity index (χ4n) is 3.51. The van der Waals surface area contributed by atoms with E-state index in [0.29, 0.717) is 17.3 Å². The molecule has 0 radical (unpaired) electrons. The van der Waals surface area contributed by atoms with Gasteiger partial charge in [-0.15, -0.1) is 0 Å². The number of hydrogen-bond acceptors (Lipinski definition) is 5. The Bertz CT molecular complexity index is 759. The average Bonchev–Trinajstić information content (AvgIpc) is 3.10. The molecule has 1 fully saturated rings. The van der Waals surface area contributed by atoms with Crippen molar-refractivity contribution in [3.8, 4) is 11.8 Å². The van der Waals surface area contributed by atoms with E-state index in [2.05, 4.69) is 14.5 Å². The van der Waals surface area contributed by atoms with Crippen molar-refractivity contribution in [3.63, 3.8) is 0 Å². The van der Waals surface area contributed by atoms with Gasteiger partial charge in [-0.2, -0.15) is 4.98 Å². The highest BCUT2D eigenvalue weighted by Crippen LogP contribution is 2.27. The molecule has 26 heavy (non-hydrogen) atoms. The molecule has 0 saturated carbocycles. The summed E-state index contributed by atoms with van der Waals surface area (Å²) in [4.78, 5) is 23.6. The van der Waals surface area contributed by atoms with Crippen molar-refractivity contribution in [3.05, 3.63) is 35.9 Å². The molecule has 2 aromatic heterocycles. The minimum absolute atomic E-state index is 0.0240. The Kier molecular flexibility index (Phi) is 5.75. The molecule has 1 atom stereocenters. The summed E-state index contributed by atoms with van der Waals surface area (Å²) < 4.78 is 12.6. The Morgan fingerprint density at radius 3 is 2.81 bits per heavy atom. The van der Waals surface area contributed by atoms with Crippen LogP contribution in [0.2, 0.25) is 0 Å². The van der Waals surface area contributed by atoms with Crippen molar-refractivity contribution in [2.75, 3.05) is 20.8 Å². The third-order valence-electron chi connectivity index (χ3n) is 4.98. The van der Waals surface area contributed by atoms with Crippen LogP contribution in [0.15, 0.2) is 24.5 Å². The number of carbonyl (C=O) groups excluding carboxylic acids is 1. The van der Waals surface area contributed by atoms with Gasteiger partial charge in [-0.05, 0) is 38.7 Å². The van der Waals surface area contributed by atoms with Gasteiger partial charge in [0.25, 0.3) is 5.91 Å². The molecule has 1 aliphatic heterocycles. The van der Waals surface area contributed by atoms with Gasteiger partial charge in [0.1, 0.15) is 11.4 Å². The van der Waals surface area contributed by atoms with Crippen molar-refractivity contribution in [2.24, 2.45) is 0 Å². The second kappa shape index (κ2) is 8.21. The Balaban J connectivity index is 1.76. The summed E-state index contributed by atoms with van der Waals surface area (Å²) in [6.07, 6.45) is 7.90. The van der Waals surface area contributed by atoms with Crippen LogP contribution >= 0.6 is 0 Å². The third kappa shape index (κ3) is 3.81. The number of ether oxygens (including phenoxy) is 2. The number of methoxy groups -OCH3 is 2. The lowest BCUT2D eigenvalue weighted by molar-refractivity contribution is 0.0591. The summed E-state index contributed by atoms with van der Waals surface area (Å²) in [5, 5.41) is 0. The van der Waals surface area contributed by atoms with E-state index in [0.717, 1.165) is 44.6 Å². The van der Waals surface area contributed by atoms with Crippen LogP contribution in [-0.4, -0.2) is 52.1 Å². The second-order valence-electron chi connectivity index (χ2n) is 6.52. The fourth-order valence-corrected chi connectivity index (χ4v) is 3.51. The van der Waals surface area contributed by atoms with Gasteiger partial charge in [0.15, 0.2) is 0 Å². The fraction of sp³-hybridized carbons (Fsp3) is 0.526. The number of piperidine rings is 1. The maximum Gasteiger partial charge on any atom is 0.259 e. The zero-order valence-corrected chi connectivity index (χ0v) is 15.6. The number of carbonyl (C=O) groups is 1. The van der Waals surface area contributed by atoms with Crippen LogP contribution in [0.4, 0.5) is 0 Å². The number of hydrogen-bond donors (Lipinski definition) is 0. The summed E-state index contributed by atoms with van der Waals surface area (Å²) in [5.41, 5.74) is 0.485. The lowest BCUT2D eigenvalue weighted by Crippen LogP contribution is -2.44. The molecule has 0 aromatic carbocycles. The molecule has 3 heterocycles. The number of aromatic nitrogens is 3. The van der Waals surface area contributed by atoms with Crippen molar-refractivity contribution < 1.29 is 14.3 Å². The number of rotatable bonds is 6. The average molecular weight is 358 g/mol. The number of likely N-dealkylation sites (tertiary alicyclic amines) is 1. The maximum absolute atomic E-state index is 13.2. The van der Waals surface area contributed by atoms with Gasteiger partial charge in [0.2, 0.25) is 11.8 Å². The molecular weight excluding hydrogens is 332 g/mol. The van der Waals surface area contributed by atoms with Gasteiger partial charge >= 0.3 is 0 Å². The summed E-state index contributed by atoms with van der Waals surface area (Å²) in [6, 6.07) is 3.65. The van der Waals surface area contributed by atoms with E-state index in [-0.39, 0.29) is 11.9 Å². The van der Waals surface area contributed by atoms with Crippen LogP contribution in [0, 0.1) is 6.92 Å². The van der Waals surface area contributed by atoms with E-state index >= 15 is 0 Å². The standard InChI is InChI=1S/C19H26N4O3/c1-14-20-10-13-22(14)12-9-15-6-4-5-11-23(15)19(24)16-7-8-17(25-2)21-18(16)26-3/h7-8,10,13,15H,4-6,9,11-12H2,1-3H3/t15-/m0/s1. The van der Waals surface area contributed by atoms with Crippen molar-refractivity contribution in [2.45, 2.75) is 45.2 Å². The third-order valence-corrected chi connectivity index (χ3v) is 4.98. The van der Waals surface area contributed by atoms with Crippen LogP contribution < -0.4 is 9.47 Å². The van der Waals surface area contributed by atoms with Gasteiger partial charge in [-0.25, -0.2) is 4.98 Å². The Hall–Kier alpha value is -2.57. The lowest BCUT2D eigenvalue weighted by Gasteiger charge is -2.36. The molecule has 1 aliphatic rings. The number of pyridine rings is 1. The predicted octanol–water partition coefficient (Wildman–Crippen LogP) is 2.69. The molecule has 0 bridgehead atoms. The van der Waals surface area contributed by atoms with E-state index in [4.69, 9.17) is 9.47 Å².